The molecule has 0 radical (unpaired) electrons. The minimum Gasteiger partial charge on any atom is -0.385 e. The van der Waals surface area contributed by atoms with E-state index >= 15 is 0 Å². The van der Waals surface area contributed by atoms with Gasteiger partial charge in [-0.2, -0.15) is 0 Å². The molecule has 0 unspecified atom stereocenters. The number of hydrogen-bond acceptors (Lipinski definition) is 3. The van der Waals surface area contributed by atoms with Gasteiger partial charge in [0.05, 0.1) is 0 Å². The molecule has 26 heavy (non-hydrogen) atoms. The first-order valence-electron chi connectivity index (χ1n) is 10.2. The smallest absolute Gasteiger partial charge is 0.159 e. The molecule has 3 nitrogen and oxygen atoms in total. The molecule has 1 saturated carbocycles. The van der Waals surface area contributed by atoms with Crippen molar-refractivity contribution in [3.63, 3.8) is 0 Å². The molecule has 1 aliphatic rings. The zero-order valence-corrected chi connectivity index (χ0v) is 16.3. The summed E-state index contributed by atoms with van der Waals surface area (Å²) in [6, 6.07) is 8.95. The predicted molar refractivity (Wildman–Crippen MR) is 107 cm³/mol. The zero-order valence-electron chi connectivity index (χ0n) is 16.3. The van der Waals surface area contributed by atoms with E-state index in [1.54, 1.807) is 7.11 Å². The van der Waals surface area contributed by atoms with Gasteiger partial charge in [0.25, 0.3) is 0 Å². The van der Waals surface area contributed by atoms with Crippen LogP contribution >= 0.6 is 0 Å². The number of aryl methyl sites for hydroxylation is 1. The number of methoxy groups -OCH3 is 1. The molecule has 0 saturated heterocycles. The summed E-state index contributed by atoms with van der Waals surface area (Å²) in [4.78, 5) is 9.07. The summed E-state index contributed by atoms with van der Waals surface area (Å²) in [5.41, 5.74) is 3.81. The van der Waals surface area contributed by atoms with Gasteiger partial charge in [-0.15, -0.1) is 0 Å². The van der Waals surface area contributed by atoms with Gasteiger partial charge < -0.3 is 4.74 Å². The van der Waals surface area contributed by atoms with Crippen molar-refractivity contribution in [3.8, 4) is 11.4 Å². The van der Waals surface area contributed by atoms with E-state index in [-0.39, 0.29) is 0 Å². The van der Waals surface area contributed by atoms with Crippen LogP contribution in [0.5, 0.6) is 0 Å². The Morgan fingerprint density at radius 3 is 2.31 bits per heavy atom. The minimum absolute atomic E-state index is 0.718. The number of aromatic nitrogens is 2. The second-order valence-electron chi connectivity index (χ2n) is 7.64. The summed E-state index contributed by atoms with van der Waals surface area (Å²) < 4.78 is 5.18. The van der Waals surface area contributed by atoms with Crippen LogP contribution < -0.4 is 0 Å². The normalized spacial score (nSPS) is 20.2. The van der Waals surface area contributed by atoms with Crippen molar-refractivity contribution < 1.29 is 4.74 Å². The Bertz CT molecular complexity index is 643. The minimum atomic E-state index is 0.718. The average molecular weight is 353 g/mol. The molecular weight excluding hydrogens is 320 g/mol. The van der Waals surface area contributed by atoms with Crippen molar-refractivity contribution in [2.45, 2.75) is 64.2 Å². The van der Waals surface area contributed by atoms with Crippen molar-refractivity contribution in [1.29, 1.82) is 0 Å². The molecule has 1 fully saturated rings. The molecule has 1 aromatic heterocycles. The predicted octanol–water partition coefficient (Wildman–Crippen LogP) is 5.80. The maximum atomic E-state index is 5.18. The van der Waals surface area contributed by atoms with Crippen LogP contribution in [-0.2, 0) is 11.2 Å². The van der Waals surface area contributed by atoms with Crippen LogP contribution in [0.15, 0.2) is 36.7 Å². The highest BCUT2D eigenvalue weighted by Crippen LogP contribution is 2.37. The maximum Gasteiger partial charge on any atom is 0.159 e. The van der Waals surface area contributed by atoms with Crippen LogP contribution in [0.2, 0.25) is 0 Å². The number of ether oxygens (including phenoxy) is 1. The summed E-state index contributed by atoms with van der Waals surface area (Å²) in [6.07, 6.45) is 14.0. The third-order valence-electron chi connectivity index (χ3n) is 5.69. The van der Waals surface area contributed by atoms with Crippen molar-refractivity contribution in [3.05, 3.63) is 47.8 Å². The Balaban J connectivity index is 1.55. The molecule has 0 bridgehead atoms. The van der Waals surface area contributed by atoms with E-state index < -0.39 is 0 Å². The molecule has 140 valence electrons. The lowest BCUT2D eigenvalue weighted by Crippen LogP contribution is -2.13. The molecule has 1 heterocycles. The highest BCUT2D eigenvalue weighted by atomic mass is 16.5. The van der Waals surface area contributed by atoms with Gasteiger partial charge in [-0.25, -0.2) is 9.97 Å². The Labute approximate surface area is 158 Å². The maximum absolute atomic E-state index is 5.18. The highest BCUT2D eigenvalue weighted by Gasteiger charge is 2.22. The van der Waals surface area contributed by atoms with Gasteiger partial charge in [-0.05, 0) is 67.9 Å². The molecule has 0 N–H and O–H groups in total. The Hall–Kier alpha value is -1.74. The molecule has 1 aromatic carbocycles. The highest BCUT2D eigenvalue weighted by molar-refractivity contribution is 5.55. The number of rotatable bonds is 8. The SMILES string of the molecule is CCCc1cnc(-c2ccc(C3CCC(CCCOC)CC3)cc2)nc1. The summed E-state index contributed by atoms with van der Waals surface area (Å²) >= 11 is 0. The number of benzene rings is 1. The lowest BCUT2D eigenvalue weighted by atomic mass is 9.77. The molecule has 1 aliphatic carbocycles. The quantitative estimate of drug-likeness (QED) is 0.563. The van der Waals surface area contributed by atoms with Gasteiger partial charge in [0, 0.05) is 31.7 Å². The lowest BCUT2D eigenvalue weighted by molar-refractivity contribution is 0.180. The molecular formula is C23H32N2O. The van der Waals surface area contributed by atoms with E-state index in [9.17, 15) is 0 Å². The first-order valence-corrected chi connectivity index (χ1v) is 10.2. The van der Waals surface area contributed by atoms with Crippen molar-refractivity contribution in [1.82, 2.24) is 9.97 Å². The Kier molecular flexibility index (Phi) is 7.19. The van der Waals surface area contributed by atoms with E-state index in [0.717, 1.165) is 42.7 Å². The zero-order chi connectivity index (χ0) is 18.2. The fourth-order valence-electron chi connectivity index (χ4n) is 4.13. The van der Waals surface area contributed by atoms with Gasteiger partial charge >= 0.3 is 0 Å². The molecule has 3 rings (SSSR count). The van der Waals surface area contributed by atoms with E-state index in [1.165, 1.54) is 49.7 Å². The van der Waals surface area contributed by atoms with Gasteiger partial charge in [-0.3, -0.25) is 0 Å². The average Bonchev–Trinajstić information content (AvgIpc) is 2.70. The first kappa shape index (κ1) is 19.0. The van der Waals surface area contributed by atoms with Crippen LogP contribution in [0.4, 0.5) is 0 Å². The van der Waals surface area contributed by atoms with Gasteiger partial charge in [0.15, 0.2) is 5.82 Å². The van der Waals surface area contributed by atoms with Crippen LogP contribution in [0.25, 0.3) is 11.4 Å². The third-order valence-corrected chi connectivity index (χ3v) is 5.69. The molecule has 2 aromatic rings. The fourth-order valence-corrected chi connectivity index (χ4v) is 4.13. The summed E-state index contributed by atoms with van der Waals surface area (Å²) in [6.45, 7) is 3.09. The summed E-state index contributed by atoms with van der Waals surface area (Å²) in [7, 11) is 1.80. The first-order chi connectivity index (χ1) is 12.8. The summed E-state index contributed by atoms with van der Waals surface area (Å²) in [5.74, 6) is 2.45. The Morgan fingerprint density at radius 1 is 1.00 bits per heavy atom. The van der Waals surface area contributed by atoms with Crippen molar-refractivity contribution in [2.24, 2.45) is 5.92 Å². The van der Waals surface area contributed by atoms with Crippen LogP contribution in [0.1, 0.15) is 68.9 Å². The van der Waals surface area contributed by atoms with E-state index in [2.05, 4.69) is 41.2 Å². The topological polar surface area (TPSA) is 35.0 Å². The van der Waals surface area contributed by atoms with Gasteiger partial charge in [-0.1, -0.05) is 37.6 Å². The lowest BCUT2D eigenvalue weighted by Gasteiger charge is -2.29. The molecule has 0 aliphatic heterocycles. The van der Waals surface area contributed by atoms with E-state index in [4.69, 9.17) is 4.74 Å². The second kappa shape index (κ2) is 9.82. The second-order valence-corrected chi connectivity index (χ2v) is 7.64. The monoisotopic (exact) mass is 352 g/mol. The fraction of sp³-hybridized carbons (Fsp3) is 0.565. The van der Waals surface area contributed by atoms with Crippen LogP contribution in [0.3, 0.4) is 0 Å². The van der Waals surface area contributed by atoms with Crippen molar-refractivity contribution >= 4 is 0 Å². The molecule has 3 heteroatoms. The third kappa shape index (κ3) is 5.14. The standard InChI is InChI=1S/C23H32N2O/c1-3-5-19-16-24-23(25-17-19)22-13-11-21(12-14-22)20-9-7-18(8-10-20)6-4-15-26-2/h11-14,16-18,20H,3-10,15H2,1-2H3. The molecule has 0 spiro atoms. The van der Waals surface area contributed by atoms with Gasteiger partial charge in [0.2, 0.25) is 0 Å². The Morgan fingerprint density at radius 2 is 1.69 bits per heavy atom. The molecule has 0 atom stereocenters. The van der Waals surface area contributed by atoms with Crippen LogP contribution in [0, 0.1) is 5.92 Å². The van der Waals surface area contributed by atoms with Crippen molar-refractivity contribution in [2.75, 3.05) is 13.7 Å². The van der Waals surface area contributed by atoms with E-state index in [1.807, 2.05) is 12.4 Å². The van der Waals surface area contributed by atoms with Gasteiger partial charge in [0.1, 0.15) is 0 Å². The number of hydrogen-bond donors (Lipinski definition) is 0. The number of nitrogens with zero attached hydrogens (tertiary/aromatic N) is 2. The van der Waals surface area contributed by atoms with Crippen LogP contribution in [-0.4, -0.2) is 23.7 Å². The van der Waals surface area contributed by atoms with E-state index in [0.29, 0.717) is 0 Å². The largest absolute Gasteiger partial charge is 0.385 e. The molecule has 0 amide bonds. The summed E-state index contributed by atoms with van der Waals surface area (Å²) in [5, 5.41) is 0.